The first-order valence-corrected chi connectivity index (χ1v) is 3.43. The lowest BCUT2D eigenvalue weighted by Crippen LogP contribution is -2.08. The highest BCUT2D eigenvalue weighted by Gasteiger charge is 2.03. The van der Waals surface area contributed by atoms with Crippen molar-refractivity contribution in [3.8, 4) is 0 Å². The lowest BCUT2D eigenvalue weighted by molar-refractivity contribution is -0.144. The minimum absolute atomic E-state index is 0.127. The van der Waals surface area contributed by atoms with Crippen LogP contribution in [-0.2, 0) is 14.3 Å². The van der Waals surface area contributed by atoms with Crippen molar-refractivity contribution >= 4 is 11.8 Å². The summed E-state index contributed by atoms with van der Waals surface area (Å²) in [5.41, 5.74) is 0. The number of esters is 1. The number of ketones is 1. The molecule has 0 aromatic heterocycles. The average molecular weight is 156 g/mol. The molecule has 0 aromatic rings. The molecule has 0 aliphatic rings. The van der Waals surface area contributed by atoms with Crippen molar-refractivity contribution in [3.05, 3.63) is 12.2 Å². The molecule has 0 N–H and O–H groups in total. The maximum atomic E-state index is 10.7. The van der Waals surface area contributed by atoms with Gasteiger partial charge in [0.2, 0.25) is 0 Å². The third kappa shape index (κ3) is 6.77. The fourth-order valence-corrected chi connectivity index (χ4v) is 0.492. The molecule has 0 fully saturated rings. The summed E-state index contributed by atoms with van der Waals surface area (Å²) in [6.07, 6.45) is 3.36. The van der Waals surface area contributed by atoms with Gasteiger partial charge in [0.25, 0.3) is 0 Å². The number of ether oxygens (including phenoxy) is 1. The highest BCUT2D eigenvalue weighted by molar-refractivity contribution is 5.94. The van der Waals surface area contributed by atoms with Gasteiger partial charge in [0, 0.05) is 0 Å². The zero-order valence-electron chi connectivity index (χ0n) is 6.79. The molecule has 0 saturated heterocycles. The van der Waals surface area contributed by atoms with E-state index >= 15 is 0 Å². The molecular formula is C8H12O3. The maximum Gasteiger partial charge on any atom is 0.313 e. The summed E-state index contributed by atoms with van der Waals surface area (Å²) in [6, 6.07) is 0. The molecule has 0 atom stereocenters. The van der Waals surface area contributed by atoms with Gasteiger partial charge >= 0.3 is 5.97 Å². The number of Topliss-reactive ketones (excluding diaryl/α,β-unsaturated/α-hetero) is 1. The Hall–Kier alpha value is -1.12. The molecule has 0 heterocycles. The predicted molar refractivity (Wildman–Crippen MR) is 41.1 cm³/mol. The zero-order chi connectivity index (χ0) is 8.69. The maximum absolute atomic E-state index is 10.7. The van der Waals surface area contributed by atoms with Gasteiger partial charge in [-0.25, -0.2) is 0 Å². The Morgan fingerprint density at radius 2 is 2.09 bits per heavy atom. The highest BCUT2D eigenvalue weighted by Crippen LogP contribution is 1.87. The summed E-state index contributed by atoms with van der Waals surface area (Å²) >= 11 is 0. The van der Waals surface area contributed by atoms with Gasteiger partial charge in [0.1, 0.15) is 18.8 Å². The number of hydrogen-bond donors (Lipinski definition) is 0. The molecule has 0 aliphatic heterocycles. The first kappa shape index (κ1) is 9.88. The second-order valence-corrected chi connectivity index (χ2v) is 2.13. The van der Waals surface area contributed by atoms with E-state index in [2.05, 4.69) is 4.74 Å². The van der Waals surface area contributed by atoms with E-state index in [-0.39, 0.29) is 18.8 Å². The smallest absolute Gasteiger partial charge is 0.313 e. The van der Waals surface area contributed by atoms with Crippen LogP contribution in [0, 0.1) is 0 Å². The van der Waals surface area contributed by atoms with Crippen molar-refractivity contribution < 1.29 is 14.3 Å². The van der Waals surface area contributed by atoms with Crippen molar-refractivity contribution in [1.29, 1.82) is 0 Å². The fraction of sp³-hybridized carbons (Fsp3) is 0.500. The summed E-state index contributed by atoms with van der Waals surface area (Å²) in [6.45, 7) is 3.44. The molecule has 3 heteroatoms. The van der Waals surface area contributed by atoms with Crippen LogP contribution in [0.5, 0.6) is 0 Å². The topological polar surface area (TPSA) is 43.4 Å². The molecule has 0 rings (SSSR count). The molecule has 3 nitrogen and oxygen atoms in total. The molecule has 0 radical (unpaired) electrons. The van der Waals surface area contributed by atoms with Gasteiger partial charge < -0.3 is 4.74 Å². The van der Waals surface area contributed by atoms with E-state index in [0.29, 0.717) is 0 Å². The molecule has 62 valence electrons. The first-order chi connectivity index (χ1) is 5.16. The zero-order valence-corrected chi connectivity index (χ0v) is 6.79. The Balaban J connectivity index is 3.45. The van der Waals surface area contributed by atoms with Crippen molar-refractivity contribution in [2.75, 3.05) is 6.61 Å². The third-order valence-corrected chi connectivity index (χ3v) is 0.970. The van der Waals surface area contributed by atoms with Crippen molar-refractivity contribution in [3.63, 3.8) is 0 Å². The molecule has 0 unspecified atom stereocenters. The largest absolute Gasteiger partial charge is 0.461 e. The summed E-state index contributed by atoms with van der Waals surface area (Å²) in [5, 5.41) is 0. The van der Waals surface area contributed by atoms with E-state index in [0.717, 1.165) is 0 Å². The van der Waals surface area contributed by atoms with E-state index < -0.39 is 5.97 Å². The number of allylic oxidation sites excluding steroid dienone is 1. The van der Waals surface area contributed by atoms with Crippen LogP contribution in [-0.4, -0.2) is 18.4 Å². The van der Waals surface area contributed by atoms with Gasteiger partial charge in [-0.3, -0.25) is 9.59 Å². The fourth-order valence-electron chi connectivity index (χ4n) is 0.492. The molecular weight excluding hydrogens is 144 g/mol. The Morgan fingerprint density at radius 1 is 1.45 bits per heavy atom. The summed E-state index contributed by atoms with van der Waals surface area (Å²) < 4.78 is 4.65. The van der Waals surface area contributed by atoms with Crippen LogP contribution in [0.3, 0.4) is 0 Å². The van der Waals surface area contributed by atoms with Crippen LogP contribution < -0.4 is 0 Å². The molecule has 0 aromatic carbocycles. The Labute approximate surface area is 66.0 Å². The van der Waals surface area contributed by atoms with Gasteiger partial charge in [-0.15, -0.1) is 0 Å². The summed E-state index contributed by atoms with van der Waals surface area (Å²) in [4.78, 5) is 21.0. The number of carbonyl (C=O) groups excluding carboxylic acids is 2. The van der Waals surface area contributed by atoms with E-state index in [1.165, 1.54) is 6.92 Å². The average Bonchev–Trinajstić information content (AvgIpc) is 1.86. The number of hydrogen-bond acceptors (Lipinski definition) is 3. The van der Waals surface area contributed by atoms with Crippen molar-refractivity contribution in [2.24, 2.45) is 0 Å². The molecule has 0 bridgehead atoms. The standard InChI is InChI=1S/C8H12O3/c1-3-4-5-11-8(10)6-7(2)9/h3-4H,5-6H2,1-2H3/b4-3+. The van der Waals surface area contributed by atoms with Crippen LogP contribution in [0.15, 0.2) is 12.2 Å². The van der Waals surface area contributed by atoms with Crippen LogP contribution in [0.1, 0.15) is 20.3 Å². The van der Waals surface area contributed by atoms with E-state index in [4.69, 9.17) is 0 Å². The lowest BCUT2D eigenvalue weighted by atomic mass is 10.3. The monoisotopic (exact) mass is 156 g/mol. The third-order valence-electron chi connectivity index (χ3n) is 0.970. The van der Waals surface area contributed by atoms with Crippen LogP contribution in [0.4, 0.5) is 0 Å². The van der Waals surface area contributed by atoms with Crippen LogP contribution in [0.2, 0.25) is 0 Å². The second kappa shape index (κ2) is 5.65. The Morgan fingerprint density at radius 3 is 2.55 bits per heavy atom. The lowest BCUT2D eigenvalue weighted by Gasteiger charge is -1.97. The molecule has 0 saturated carbocycles. The predicted octanol–water partition coefficient (Wildman–Crippen LogP) is 1.08. The molecule has 0 amide bonds. The normalized spacial score (nSPS) is 10.0. The molecule has 0 spiro atoms. The van der Waals surface area contributed by atoms with Crippen molar-refractivity contribution in [1.82, 2.24) is 0 Å². The minimum atomic E-state index is -0.462. The minimum Gasteiger partial charge on any atom is -0.461 e. The summed E-state index contributed by atoms with van der Waals surface area (Å²) in [7, 11) is 0. The van der Waals surface area contributed by atoms with Gasteiger partial charge in [-0.05, 0) is 13.8 Å². The van der Waals surface area contributed by atoms with Gasteiger partial charge in [0.05, 0.1) is 0 Å². The Kier molecular flexibility index (Phi) is 5.07. The van der Waals surface area contributed by atoms with Crippen LogP contribution >= 0.6 is 0 Å². The highest BCUT2D eigenvalue weighted by atomic mass is 16.5. The first-order valence-electron chi connectivity index (χ1n) is 3.43. The molecule has 0 aliphatic carbocycles. The second-order valence-electron chi connectivity index (χ2n) is 2.13. The Bertz CT molecular complexity index is 170. The van der Waals surface area contributed by atoms with Crippen molar-refractivity contribution in [2.45, 2.75) is 20.3 Å². The quantitative estimate of drug-likeness (QED) is 0.347. The van der Waals surface area contributed by atoms with E-state index in [1.54, 1.807) is 12.2 Å². The molecule has 11 heavy (non-hydrogen) atoms. The van der Waals surface area contributed by atoms with Gasteiger partial charge in [-0.1, -0.05) is 12.2 Å². The number of rotatable bonds is 4. The summed E-state index contributed by atoms with van der Waals surface area (Å²) in [5.74, 6) is -0.633. The van der Waals surface area contributed by atoms with E-state index in [9.17, 15) is 9.59 Å². The van der Waals surface area contributed by atoms with Gasteiger partial charge in [-0.2, -0.15) is 0 Å². The van der Waals surface area contributed by atoms with E-state index in [1.807, 2.05) is 6.92 Å². The van der Waals surface area contributed by atoms with Gasteiger partial charge in [0.15, 0.2) is 0 Å². The van der Waals surface area contributed by atoms with Crippen LogP contribution in [0.25, 0.3) is 0 Å². The SMILES string of the molecule is C/C=C/COC(=O)CC(C)=O. The number of carbonyl (C=O) groups is 2.